The van der Waals surface area contributed by atoms with Gasteiger partial charge in [0.1, 0.15) is 6.61 Å². The van der Waals surface area contributed by atoms with Crippen LogP contribution in [0.25, 0.3) is 0 Å². The summed E-state index contributed by atoms with van der Waals surface area (Å²) in [6.45, 7) is 6.07. The molecule has 0 rings (SSSR count). The lowest BCUT2D eigenvalue weighted by Crippen LogP contribution is -2.52. The van der Waals surface area contributed by atoms with Gasteiger partial charge in [-0.05, 0) is 19.8 Å². The molecule has 0 fully saturated rings. The van der Waals surface area contributed by atoms with Crippen LogP contribution in [0.2, 0.25) is 0 Å². The maximum atomic E-state index is 12.5. The van der Waals surface area contributed by atoms with Crippen LogP contribution >= 0.6 is 0 Å². The van der Waals surface area contributed by atoms with E-state index in [4.69, 9.17) is 4.74 Å². The highest BCUT2D eigenvalue weighted by atomic mass is 16.5. The molecule has 0 aromatic heterocycles. The number of carbonyl (C=O) groups excluding carboxylic acids is 2. The molecule has 0 spiro atoms. The minimum atomic E-state index is -0.919. The third-order valence-corrected chi connectivity index (χ3v) is 9.33. The number of esters is 1. The van der Waals surface area contributed by atoms with Gasteiger partial charge in [0.15, 0.2) is 0 Å². The lowest BCUT2D eigenvalue weighted by atomic mass is 10.0. The largest absolute Gasteiger partial charge is 0.463 e. The molecule has 0 saturated heterocycles. The fraction of sp³-hybridized carbons (Fsp3) is 0.950. The molecule has 1 amide bonds. The molecule has 0 heterocycles. The van der Waals surface area contributed by atoms with E-state index in [2.05, 4.69) is 19.2 Å². The monoisotopic (exact) mass is 638 g/mol. The van der Waals surface area contributed by atoms with E-state index in [-0.39, 0.29) is 25.1 Å². The summed E-state index contributed by atoms with van der Waals surface area (Å²) in [5.74, 6) is -0.305. The van der Waals surface area contributed by atoms with Crippen LogP contribution in [0.15, 0.2) is 0 Å². The van der Waals surface area contributed by atoms with Crippen molar-refractivity contribution in [2.45, 2.75) is 232 Å². The summed E-state index contributed by atoms with van der Waals surface area (Å²) in [5, 5.41) is 12.8. The van der Waals surface area contributed by atoms with Gasteiger partial charge in [-0.3, -0.25) is 9.59 Å². The first-order valence-corrected chi connectivity index (χ1v) is 20.0. The summed E-state index contributed by atoms with van der Waals surface area (Å²) in [6, 6.07) is 0. The van der Waals surface area contributed by atoms with E-state index >= 15 is 0 Å². The first kappa shape index (κ1) is 43.9. The van der Waals surface area contributed by atoms with Crippen molar-refractivity contribution in [3.63, 3.8) is 0 Å². The number of amides is 1. The Morgan fingerprint density at radius 1 is 0.489 bits per heavy atom. The number of rotatable bonds is 36. The molecular formula is C40H79NO4. The number of unbranched alkanes of at least 4 members (excludes halogenated alkanes) is 28. The second kappa shape index (κ2) is 34.2. The van der Waals surface area contributed by atoms with Gasteiger partial charge in [-0.2, -0.15) is 0 Å². The van der Waals surface area contributed by atoms with Gasteiger partial charge in [-0.15, -0.1) is 0 Å². The molecule has 2 N–H and O–H groups in total. The van der Waals surface area contributed by atoms with Crippen LogP contribution in [0.5, 0.6) is 0 Å². The van der Waals surface area contributed by atoms with E-state index in [0.29, 0.717) is 12.8 Å². The average Bonchev–Trinajstić information content (AvgIpc) is 3.03. The van der Waals surface area contributed by atoms with Gasteiger partial charge in [-0.25, -0.2) is 0 Å². The maximum absolute atomic E-state index is 12.5. The van der Waals surface area contributed by atoms with E-state index < -0.39 is 5.54 Å². The number of ether oxygens (including phenoxy) is 1. The Morgan fingerprint density at radius 3 is 1.09 bits per heavy atom. The molecule has 268 valence electrons. The van der Waals surface area contributed by atoms with Crippen molar-refractivity contribution < 1.29 is 19.4 Å². The quantitative estimate of drug-likeness (QED) is 0.0529. The van der Waals surface area contributed by atoms with Crippen LogP contribution < -0.4 is 5.32 Å². The molecule has 0 aliphatic rings. The summed E-state index contributed by atoms with van der Waals surface area (Å²) in [5.41, 5.74) is -0.919. The summed E-state index contributed by atoms with van der Waals surface area (Å²) >= 11 is 0. The molecule has 0 bridgehead atoms. The van der Waals surface area contributed by atoms with Gasteiger partial charge in [0.25, 0.3) is 0 Å². The molecule has 1 unspecified atom stereocenters. The topological polar surface area (TPSA) is 75.6 Å². The van der Waals surface area contributed by atoms with Gasteiger partial charge in [0, 0.05) is 12.8 Å². The minimum absolute atomic E-state index is 0.0195. The van der Waals surface area contributed by atoms with E-state index in [9.17, 15) is 14.7 Å². The van der Waals surface area contributed by atoms with E-state index in [1.807, 2.05) is 0 Å². The molecule has 0 saturated carbocycles. The smallest absolute Gasteiger partial charge is 0.305 e. The van der Waals surface area contributed by atoms with Gasteiger partial charge >= 0.3 is 5.97 Å². The minimum Gasteiger partial charge on any atom is -0.463 e. The highest BCUT2D eigenvalue weighted by molar-refractivity contribution is 5.76. The molecule has 0 radical (unpaired) electrons. The number of carbonyl (C=O) groups is 2. The summed E-state index contributed by atoms with van der Waals surface area (Å²) in [4.78, 5) is 24.7. The number of nitrogens with one attached hydrogen (secondary N) is 1. The van der Waals surface area contributed by atoms with Gasteiger partial charge in [0.2, 0.25) is 5.91 Å². The third kappa shape index (κ3) is 32.6. The first-order chi connectivity index (χ1) is 22.0. The summed E-state index contributed by atoms with van der Waals surface area (Å²) in [6.07, 6.45) is 39.8. The zero-order valence-electron chi connectivity index (χ0n) is 30.7. The van der Waals surface area contributed by atoms with Crippen molar-refractivity contribution in [1.82, 2.24) is 5.32 Å². The van der Waals surface area contributed by atoms with E-state index in [0.717, 1.165) is 25.7 Å². The Morgan fingerprint density at radius 2 is 0.778 bits per heavy atom. The Hall–Kier alpha value is -1.10. The van der Waals surface area contributed by atoms with Gasteiger partial charge in [0.05, 0.1) is 12.1 Å². The molecular weight excluding hydrogens is 558 g/mol. The lowest BCUT2D eigenvalue weighted by molar-refractivity contribution is -0.147. The number of aliphatic hydroxyl groups is 1. The van der Waals surface area contributed by atoms with Crippen molar-refractivity contribution in [3.05, 3.63) is 0 Å². The van der Waals surface area contributed by atoms with Crippen molar-refractivity contribution >= 4 is 11.9 Å². The highest BCUT2D eigenvalue weighted by Gasteiger charge is 2.27. The first-order valence-electron chi connectivity index (χ1n) is 20.0. The van der Waals surface area contributed by atoms with Crippen molar-refractivity contribution in [1.29, 1.82) is 0 Å². The van der Waals surface area contributed by atoms with Crippen LogP contribution in [0.1, 0.15) is 226 Å². The third-order valence-electron chi connectivity index (χ3n) is 9.33. The normalized spacial score (nSPS) is 12.7. The fourth-order valence-corrected chi connectivity index (χ4v) is 6.13. The maximum Gasteiger partial charge on any atom is 0.305 e. The molecule has 0 aliphatic heterocycles. The predicted octanol–water partition coefficient (Wildman–Crippen LogP) is 11.9. The summed E-state index contributed by atoms with van der Waals surface area (Å²) in [7, 11) is 0. The van der Waals surface area contributed by atoms with Crippen molar-refractivity contribution in [2.24, 2.45) is 0 Å². The van der Waals surface area contributed by atoms with Crippen molar-refractivity contribution in [3.8, 4) is 0 Å². The number of aliphatic hydroxyl groups excluding tert-OH is 1. The number of hydrogen-bond donors (Lipinski definition) is 2. The second-order valence-corrected chi connectivity index (χ2v) is 14.3. The average molecular weight is 638 g/mol. The second-order valence-electron chi connectivity index (χ2n) is 14.3. The standard InChI is InChI=1S/C40H79NO4/c1-4-6-8-10-12-14-16-18-20-22-24-26-28-30-32-34-38(43)41-40(3,36-42)37-45-39(44)35-33-31-29-27-25-23-21-19-17-15-13-11-9-7-5-2/h42H,4-37H2,1-3H3,(H,41,43). The fourth-order valence-electron chi connectivity index (χ4n) is 6.13. The molecule has 1 atom stereocenters. The van der Waals surface area contributed by atoms with Gasteiger partial charge in [-0.1, -0.05) is 194 Å². The SMILES string of the molecule is CCCCCCCCCCCCCCCCCC(=O)NC(C)(CO)COC(=O)CCCCCCCCCCCCCCCCC. The molecule has 0 aromatic rings. The Labute approximate surface area is 281 Å². The van der Waals surface area contributed by atoms with E-state index in [1.54, 1.807) is 6.92 Å². The molecule has 5 nitrogen and oxygen atoms in total. The molecule has 0 aromatic carbocycles. The zero-order chi connectivity index (χ0) is 33.1. The Kier molecular flexibility index (Phi) is 33.4. The number of hydrogen-bond acceptors (Lipinski definition) is 4. The van der Waals surface area contributed by atoms with Gasteiger partial charge < -0.3 is 15.2 Å². The zero-order valence-corrected chi connectivity index (χ0v) is 30.7. The molecule has 0 aliphatic carbocycles. The van der Waals surface area contributed by atoms with Crippen LogP contribution in [0.4, 0.5) is 0 Å². The molecule has 45 heavy (non-hydrogen) atoms. The summed E-state index contributed by atoms with van der Waals surface area (Å²) < 4.78 is 5.44. The van der Waals surface area contributed by atoms with Crippen LogP contribution in [0.3, 0.4) is 0 Å². The molecule has 5 heteroatoms. The van der Waals surface area contributed by atoms with Crippen LogP contribution in [-0.2, 0) is 14.3 Å². The highest BCUT2D eigenvalue weighted by Crippen LogP contribution is 2.16. The van der Waals surface area contributed by atoms with Crippen LogP contribution in [0, 0.1) is 0 Å². The predicted molar refractivity (Wildman–Crippen MR) is 194 cm³/mol. The Bertz CT molecular complexity index is 640. The van der Waals surface area contributed by atoms with E-state index in [1.165, 1.54) is 167 Å². The lowest BCUT2D eigenvalue weighted by Gasteiger charge is -2.28. The van der Waals surface area contributed by atoms with Crippen LogP contribution in [-0.4, -0.2) is 35.7 Å². The Balaban J connectivity index is 3.62. The van der Waals surface area contributed by atoms with Crippen molar-refractivity contribution in [2.75, 3.05) is 13.2 Å².